The fourth-order valence-electron chi connectivity index (χ4n) is 3.92. The lowest BCUT2D eigenvalue weighted by Crippen LogP contribution is -2.42. The van der Waals surface area contributed by atoms with Crippen molar-refractivity contribution in [3.8, 4) is 0 Å². The summed E-state index contributed by atoms with van der Waals surface area (Å²) in [4.78, 5) is 12.7. The summed E-state index contributed by atoms with van der Waals surface area (Å²) < 4.78 is 54.4. The quantitative estimate of drug-likeness (QED) is 0.611. The summed E-state index contributed by atoms with van der Waals surface area (Å²) in [6.45, 7) is 0.421. The topological polar surface area (TPSA) is 66.5 Å². The molecule has 5 nitrogen and oxygen atoms in total. The van der Waals surface area contributed by atoms with Gasteiger partial charge in [0, 0.05) is 19.5 Å². The van der Waals surface area contributed by atoms with Crippen molar-refractivity contribution < 1.29 is 22.0 Å². The van der Waals surface area contributed by atoms with Gasteiger partial charge in [0.2, 0.25) is 15.9 Å². The molecule has 0 fully saturated rings. The predicted molar refractivity (Wildman–Crippen MR) is 116 cm³/mol. The highest BCUT2D eigenvalue weighted by Gasteiger charge is 2.37. The number of sulfonamides is 1. The van der Waals surface area contributed by atoms with Gasteiger partial charge in [0.1, 0.15) is 11.6 Å². The van der Waals surface area contributed by atoms with Crippen molar-refractivity contribution in [2.24, 2.45) is 0 Å². The fraction of sp³-hybridized carbons (Fsp3) is 0.208. The first-order valence-electron chi connectivity index (χ1n) is 10.2. The second-order valence-electron chi connectivity index (χ2n) is 7.64. The van der Waals surface area contributed by atoms with Crippen LogP contribution in [0.3, 0.4) is 0 Å². The molecule has 166 valence electrons. The first-order chi connectivity index (χ1) is 15.3. The van der Waals surface area contributed by atoms with Crippen LogP contribution in [0.2, 0.25) is 0 Å². The molecule has 0 aliphatic carbocycles. The minimum Gasteiger partial charge on any atom is -0.352 e. The van der Waals surface area contributed by atoms with Crippen LogP contribution in [0.25, 0.3) is 0 Å². The Labute approximate surface area is 185 Å². The molecule has 4 rings (SSSR count). The smallest absolute Gasteiger partial charge is 0.243 e. The molecule has 0 saturated heterocycles. The number of fused-ring (bicyclic) bond motifs is 1. The van der Waals surface area contributed by atoms with E-state index in [4.69, 9.17) is 0 Å². The van der Waals surface area contributed by atoms with Crippen molar-refractivity contribution in [1.82, 2.24) is 9.62 Å². The molecule has 8 heteroatoms. The van der Waals surface area contributed by atoms with Crippen molar-refractivity contribution in [2.75, 3.05) is 6.54 Å². The highest BCUT2D eigenvalue weighted by Crippen LogP contribution is 2.36. The Morgan fingerprint density at radius 1 is 0.938 bits per heavy atom. The number of rotatable bonds is 6. The van der Waals surface area contributed by atoms with Gasteiger partial charge in [-0.05, 0) is 59.5 Å². The molecule has 3 aromatic carbocycles. The summed E-state index contributed by atoms with van der Waals surface area (Å²) in [5.74, 6) is -1.21. The fourth-order valence-corrected chi connectivity index (χ4v) is 5.53. The summed E-state index contributed by atoms with van der Waals surface area (Å²) in [5.41, 5.74) is 2.51. The van der Waals surface area contributed by atoms with Crippen molar-refractivity contribution >= 4 is 15.9 Å². The van der Waals surface area contributed by atoms with Crippen molar-refractivity contribution in [3.05, 3.63) is 101 Å². The second kappa shape index (κ2) is 9.18. The maximum absolute atomic E-state index is 13.3. The van der Waals surface area contributed by atoms with Gasteiger partial charge in [-0.2, -0.15) is 4.31 Å². The molecule has 1 N–H and O–H groups in total. The summed E-state index contributed by atoms with van der Waals surface area (Å²) in [5, 5.41) is 2.78. The van der Waals surface area contributed by atoms with Gasteiger partial charge in [0.15, 0.2) is 0 Å². The standard InChI is InChI=1S/C24H22F2N2O3S/c25-19-7-5-17(6-8-19)16-27-24(29)15-23-22-4-2-1-3-18(22)13-14-28(23)32(30,31)21-11-9-20(26)10-12-21/h1-12,23H,13-16H2,(H,27,29). The van der Waals surface area contributed by atoms with Crippen LogP contribution in [0.1, 0.15) is 29.2 Å². The molecule has 1 amide bonds. The second-order valence-corrected chi connectivity index (χ2v) is 9.53. The Balaban J connectivity index is 1.58. The Morgan fingerprint density at radius 3 is 2.25 bits per heavy atom. The van der Waals surface area contributed by atoms with E-state index >= 15 is 0 Å². The molecule has 1 aliphatic rings. The van der Waals surface area contributed by atoms with E-state index in [0.717, 1.165) is 28.8 Å². The van der Waals surface area contributed by atoms with Gasteiger partial charge in [0.25, 0.3) is 0 Å². The Morgan fingerprint density at radius 2 is 1.56 bits per heavy atom. The number of nitrogens with one attached hydrogen (secondary N) is 1. The number of hydrogen-bond donors (Lipinski definition) is 1. The molecule has 3 aromatic rings. The number of carbonyl (C=O) groups excluding carboxylic acids is 1. The van der Waals surface area contributed by atoms with Gasteiger partial charge < -0.3 is 5.32 Å². The third kappa shape index (κ3) is 4.71. The third-order valence-electron chi connectivity index (χ3n) is 5.57. The van der Waals surface area contributed by atoms with Crippen LogP contribution in [0.4, 0.5) is 8.78 Å². The average molecular weight is 457 g/mol. The monoisotopic (exact) mass is 456 g/mol. The number of benzene rings is 3. The SMILES string of the molecule is O=C(CC1c2ccccc2CCN1S(=O)(=O)c1ccc(F)cc1)NCc1ccc(F)cc1. The Bertz CT molecular complexity index is 1210. The van der Waals surface area contributed by atoms with Crippen LogP contribution in [-0.4, -0.2) is 25.2 Å². The highest BCUT2D eigenvalue weighted by atomic mass is 32.2. The molecule has 1 heterocycles. The maximum atomic E-state index is 13.3. The lowest BCUT2D eigenvalue weighted by atomic mass is 9.92. The van der Waals surface area contributed by atoms with Crippen LogP contribution >= 0.6 is 0 Å². The van der Waals surface area contributed by atoms with E-state index in [-0.39, 0.29) is 36.1 Å². The molecule has 0 spiro atoms. The zero-order chi connectivity index (χ0) is 22.7. The first-order valence-corrected chi connectivity index (χ1v) is 11.6. The number of carbonyl (C=O) groups is 1. The highest BCUT2D eigenvalue weighted by molar-refractivity contribution is 7.89. The van der Waals surface area contributed by atoms with E-state index in [1.165, 1.54) is 28.6 Å². The Hall–Kier alpha value is -3.10. The summed E-state index contributed by atoms with van der Waals surface area (Å²) in [6.07, 6.45) is 0.447. The van der Waals surface area contributed by atoms with Crippen LogP contribution in [0, 0.1) is 11.6 Å². The average Bonchev–Trinajstić information content (AvgIpc) is 2.79. The van der Waals surface area contributed by atoms with E-state index in [1.54, 1.807) is 12.1 Å². The van der Waals surface area contributed by atoms with Crippen molar-refractivity contribution in [3.63, 3.8) is 0 Å². The number of hydrogen-bond acceptors (Lipinski definition) is 3. The number of nitrogens with zero attached hydrogens (tertiary/aromatic N) is 1. The molecule has 0 radical (unpaired) electrons. The predicted octanol–water partition coefficient (Wildman–Crippen LogP) is 3.96. The minimum atomic E-state index is -3.94. The van der Waals surface area contributed by atoms with E-state index in [2.05, 4.69) is 5.32 Å². The van der Waals surface area contributed by atoms with Crippen LogP contribution in [0.15, 0.2) is 77.7 Å². The molecule has 1 atom stereocenters. The van der Waals surface area contributed by atoms with Gasteiger partial charge in [-0.3, -0.25) is 4.79 Å². The van der Waals surface area contributed by atoms with E-state index in [1.807, 2.05) is 24.3 Å². The van der Waals surface area contributed by atoms with Gasteiger partial charge >= 0.3 is 0 Å². The van der Waals surface area contributed by atoms with Gasteiger partial charge in [0.05, 0.1) is 10.9 Å². The van der Waals surface area contributed by atoms with Crippen LogP contribution < -0.4 is 5.32 Å². The largest absolute Gasteiger partial charge is 0.352 e. The molecule has 1 aliphatic heterocycles. The van der Waals surface area contributed by atoms with Crippen molar-refractivity contribution in [2.45, 2.75) is 30.3 Å². The third-order valence-corrected chi connectivity index (χ3v) is 7.49. The maximum Gasteiger partial charge on any atom is 0.243 e. The van der Waals surface area contributed by atoms with Crippen molar-refractivity contribution in [1.29, 1.82) is 0 Å². The lowest BCUT2D eigenvalue weighted by Gasteiger charge is -2.36. The van der Waals surface area contributed by atoms with E-state index in [0.29, 0.717) is 6.42 Å². The summed E-state index contributed by atoms with van der Waals surface area (Å²) >= 11 is 0. The molecule has 1 unspecified atom stereocenters. The first kappa shape index (κ1) is 22.1. The van der Waals surface area contributed by atoms with Gasteiger partial charge in [-0.25, -0.2) is 17.2 Å². The molecule has 32 heavy (non-hydrogen) atoms. The molecular weight excluding hydrogens is 434 g/mol. The molecule has 0 bridgehead atoms. The van der Waals surface area contributed by atoms with Crippen LogP contribution in [-0.2, 0) is 27.8 Å². The summed E-state index contributed by atoms with van der Waals surface area (Å²) in [6, 6.07) is 17.2. The Kier molecular flexibility index (Phi) is 6.34. The minimum absolute atomic E-state index is 0.0185. The molecule has 0 saturated carbocycles. The van der Waals surface area contributed by atoms with Crippen LogP contribution in [0.5, 0.6) is 0 Å². The lowest BCUT2D eigenvalue weighted by molar-refractivity contribution is -0.122. The van der Waals surface area contributed by atoms with E-state index in [9.17, 15) is 22.0 Å². The van der Waals surface area contributed by atoms with Gasteiger partial charge in [-0.1, -0.05) is 36.4 Å². The number of halogens is 2. The zero-order valence-corrected chi connectivity index (χ0v) is 18.0. The van der Waals surface area contributed by atoms with E-state index < -0.39 is 21.9 Å². The van der Waals surface area contributed by atoms with Gasteiger partial charge in [-0.15, -0.1) is 0 Å². The summed E-state index contributed by atoms with van der Waals surface area (Å²) in [7, 11) is -3.94. The molecule has 0 aromatic heterocycles. The normalized spacial score (nSPS) is 16.4. The molecular formula is C24H22F2N2O3S. The zero-order valence-electron chi connectivity index (χ0n) is 17.2. The number of amides is 1.